The average molecular weight is 335 g/mol. The number of anilines is 1. The van der Waals surface area contributed by atoms with Gasteiger partial charge < -0.3 is 10.1 Å². The molecule has 0 saturated heterocycles. The number of fused-ring (bicyclic) bond motifs is 1. The van der Waals surface area contributed by atoms with Crippen LogP contribution in [0.25, 0.3) is 0 Å². The molecule has 0 aliphatic carbocycles. The van der Waals surface area contributed by atoms with E-state index >= 15 is 0 Å². The minimum Gasteiger partial charge on any atom is -0.449 e. The zero-order chi connectivity index (χ0) is 15.7. The lowest BCUT2D eigenvalue weighted by molar-refractivity contribution is 0.112. The van der Waals surface area contributed by atoms with E-state index < -0.39 is 5.60 Å². The Kier molecular flexibility index (Phi) is 4.02. The van der Waals surface area contributed by atoms with E-state index in [9.17, 15) is 0 Å². The molecule has 0 saturated carbocycles. The molecule has 2 aromatic carbocycles. The first-order valence-electron chi connectivity index (χ1n) is 7.10. The summed E-state index contributed by atoms with van der Waals surface area (Å²) >= 11 is 12.6. The summed E-state index contributed by atoms with van der Waals surface area (Å²) in [4.78, 5) is 4.36. The zero-order valence-electron chi connectivity index (χ0n) is 12.4. The largest absolute Gasteiger partial charge is 0.449 e. The number of nitrogens with zero attached hydrogens (tertiary/aromatic N) is 1. The first-order valence-corrected chi connectivity index (χ1v) is 7.85. The maximum Gasteiger partial charge on any atom is 0.290 e. The maximum atomic E-state index is 6.41. The van der Waals surface area contributed by atoms with E-state index in [0.29, 0.717) is 22.6 Å². The molecule has 0 aromatic heterocycles. The van der Waals surface area contributed by atoms with Gasteiger partial charge in [0.15, 0.2) is 5.60 Å². The summed E-state index contributed by atoms with van der Waals surface area (Å²) in [6.45, 7) is 4.57. The van der Waals surface area contributed by atoms with Crippen molar-refractivity contribution in [3.05, 3.63) is 63.6 Å². The molecular formula is C17H16Cl2N2O. The molecule has 3 nitrogen and oxygen atoms in total. The van der Waals surface area contributed by atoms with Gasteiger partial charge in [0.2, 0.25) is 0 Å². The van der Waals surface area contributed by atoms with Gasteiger partial charge in [0.1, 0.15) is 0 Å². The minimum absolute atomic E-state index is 0.486. The normalized spacial score (nSPS) is 21.9. The molecule has 1 N–H and O–H groups in total. The predicted octanol–water partition coefficient (Wildman–Crippen LogP) is 5.07. The molecule has 22 heavy (non-hydrogen) atoms. The van der Waals surface area contributed by atoms with Crippen molar-refractivity contribution in [2.45, 2.75) is 19.4 Å². The summed E-state index contributed by atoms with van der Waals surface area (Å²) in [5.41, 5.74) is 1.98. The molecule has 1 aliphatic rings. The molecule has 0 amide bonds. The van der Waals surface area contributed by atoms with Gasteiger partial charge in [-0.1, -0.05) is 41.4 Å². The van der Waals surface area contributed by atoms with Crippen LogP contribution in [-0.2, 0) is 10.3 Å². The Morgan fingerprint density at radius 2 is 1.91 bits per heavy atom. The van der Waals surface area contributed by atoms with Gasteiger partial charge in [0.05, 0.1) is 0 Å². The third-order valence-corrected chi connectivity index (χ3v) is 4.29. The molecular weight excluding hydrogens is 319 g/mol. The van der Waals surface area contributed by atoms with E-state index in [4.69, 9.17) is 27.9 Å². The van der Waals surface area contributed by atoms with Gasteiger partial charge in [-0.05, 0) is 38.1 Å². The molecule has 0 spiro atoms. The number of hydrogen-bond donors (Lipinski definition) is 1. The molecule has 0 fully saturated rings. The number of hydrogen-bond acceptors (Lipinski definition) is 2. The van der Waals surface area contributed by atoms with Crippen LogP contribution in [0.2, 0.25) is 10.0 Å². The lowest BCUT2D eigenvalue weighted by atomic mass is 9.86. The highest BCUT2D eigenvalue weighted by molar-refractivity contribution is 6.31. The van der Waals surface area contributed by atoms with Crippen LogP contribution in [0.3, 0.4) is 0 Å². The second-order valence-electron chi connectivity index (χ2n) is 5.21. The van der Waals surface area contributed by atoms with Crippen molar-refractivity contribution in [1.29, 1.82) is 0 Å². The summed E-state index contributed by atoms with van der Waals surface area (Å²) in [7, 11) is 0. The van der Waals surface area contributed by atoms with Crippen LogP contribution in [0, 0.1) is 0 Å². The molecule has 1 heterocycles. The first kappa shape index (κ1) is 15.2. The van der Waals surface area contributed by atoms with E-state index in [-0.39, 0.29) is 0 Å². The Hall–Kier alpha value is -1.71. The molecule has 5 heteroatoms. The number of rotatable bonds is 2. The van der Waals surface area contributed by atoms with Crippen molar-refractivity contribution in [1.82, 2.24) is 0 Å². The van der Waals surface area contributed by atoms with Crippen LogP contribution in [0.5, 0.6) is 0 Å². The van der Waals surface area contributed by atoms with Crippen LogP contribution < -0.4 is 5.32 Å². The predicted molar refractivity (Wildman–Crippen MR) is 92.0 cm³/mol. The van der Waals surface area contributed by atoms with Crippen molar-refractivity contribution in [3.63, 3.8) is 0 Å². The van der Waals surface area contributed by atoms with Crippen LogP contribution in [0.15, 0.2) is 47.5 Å². The Balaban J connectivity index is 2.23. The summed E-state index contributed by atoms with van der Waals surface area (Å²) in [6.07, 6.45) is 0. The molecule has 3 rings (SSSR count). The highest BCUT2D eigenvalue weighted by Crippen LogP contribution is 2.44. The van der Waals surface area contributed by atoms with Crippen LogP contribution >= 0.6 is 23.2 Å². The van der Waals surface area contributed by atoms with Crippen LogP contribution in [0.4, 0.5) is 5.69 Å². The van der Waals surface area contributed by atoms with Gasteiger partial charge in [0.25, 0.3) is 6.02 Å². The molecule has 1 aliphatic heterocycles. The number of nitrogens with one attached hydrogen (secondary N) is 1. The monoisotopic (exact) mass is 334 g/mol. The third-order valence-electron chi connectivity index (χ3n) is 3.73. The molecule has 1 unspecified atom stereocenters. The quantitative estimate of drug-likeness (QED) is 0.831. The number of aliphatic imine (C=N–C) groups is 1. The summed E-state index contributed by atoms with van der Waals surface area (Å²) in [6, 6.07) is 13.8. The molecule has 2 aromatic rings. The second kappa shape index (κ2) is 5.82. The highest BCUT2D eigenvalue weighted by atomic mass is 35.5. The lowest BCUT2D eigenvalue weighted by Gasteiger charge is -2.38. The fourth-order valence-electron chi connectivity index (χ4n) is 2.67. The fraction of sp³-hybridized carbons (Fsp3) is 0.235. The van der Waals surface area contributed by atoms with E-state index in [1.165, 1.54) is 0 Å². The van der Waals surface area contributed by atoms with Crippen molar-refractivity contribution in [2.24, 2.45) is 4.99 Å². The lowest BCUT2D eigenvalue weighted by Crippen LogP contribution is -2.39. The fourth-order valence-corrected chi connectivity index (χ4v) is 3.16. The van der Waals surface area contributed by atoms with Gasteiger partial charge in [-0.15, -0.1) is 0 Å². The van der Waals surface area contributed by atoms with Crippen LogP contribution in [0.1, 0.15) is 25.0 Å². The molecule has 0 bridgehead atoms. The molecule has 114 valence electrons. The molecule has 0 radical (unpaired) electrons. The van der Waals surface area contributed by atoms with Crippen LogP contribution in [-0.4, -0.2) is 12.6 Å². The van der Waals surface area contributed by atoms with Gasteiger partial charge in [-0.3, -0.25) is 0 Å². The first-order chi connectivity index (χ1) is 10.5. The van der Waals surface area contributed by atoms with Gasteiger partial charge in [0, 0.05) is 33.4 Å². The number of benzene rings is 2. The minimum atomic E-state index is -0.752. The van der Waals surface area contributed by atoms with E-state index in [0.717, 1.165) is 16.8 Å². The number of ether oxygens (including phenoxy) is 1. The topological polar surface area (TPSA) is 33.6 Å². The SMILES string of the molecule is CCN=C1Nc2ccc(Cl)cc2C(C)(c2ccccc2Cl)O1. The Bertz CT molecular complexity index is 745. The zero-order valence-corrected chi connectivity index (χ0v) is 13.9. The van der Waals surface area contributed by atoms with Gasteiger partial charge in [-0.25, -0.2) is 4.99 Å². The van der Waals surface area contributed by atoms with Gasteiger partial charge >= 0.3 is 0 Å². The van der Waals surface area contributed by atoms with E-state index in [1.807, 2.05) is 56.3 Å². The number of halogens is 2. The Labute approximate surface area is 139 Å². The van der Waals surface area contributed by atoms with Crippen molar-refractivity contribution in [3.8, 4) is 0 Å². The Morgan fingerprint density at radius 3 is 2.64 bits per heavy atom. The standard InChI is InChI=1S/C17H16Cl2N2O/c1-3-20-16-21-15-9-8-11(18)10-13(15)17(2,22-16)12-6-4-5-7-14(12)19/h4-10H,3H2,1-2H3,(H,20,21). The van der Waals surface area contributed by atoms with Gasteiger partial charge in [-0.2, -0.15) is 0 Å². The summed E-state index contributed by atoms with van der Waals surface area (Å²) < 4.78 is 6.16. The summed E-state index contributed by atoms with van der Waals surface area (Å²) in [5.74, 6) is 0. The smallest absolute Gasteiger partial charge is 0.290 e. The average Bonchev–Trinajstić information content (AvgIpc) is 2.49. The molecule has 1 atom stereocenters. The number of amidine groups is 1. The second-order valence-corrected chi connectivity index (χ2v) is 6.05. The van der Waals surface area contributed by atoms with E-state index in [2.05, 4.69) is 10.3 Å². The third kappa shape index (κ3) is 2.55. The van der Waals surface area contributed by atoms with Crippen molar-refractivity contribution >= 4 is 34.9 Å². The summed E-state index contributed by atoms with van der Waals surface area (Å²) in [5, 5.41) is 4.49. The van der Waals surface area contributed by atoms with Crippen molar-refractivity contribution in [2.75, 3.05) is 11.9 Å². The highest BCUT2D eigenvalue weighted by Gasteiger charge is 2.40. The maximum absolute atomic E-state index is 6.41. The van der Waals surface area contributed by atoms with Crippen molar-refractivity contribution < 1.29 is 4.74 Å². The van der Waals surface area contributed by atoms with E-state index in [1.54, 1.807) is 0 Å². The Morgan fingerprint density at radius 1 is 1.14 bits per heavy atom.